The Kier molecular flexibility index (Phi) is 4.20. The van der Waals surface area contributed by atoms with Crippen LogP contribution in [0.5, 0.6) is 0 Å². The monoisotopic (exact) mass is 323 g/mol. The van der Waals surface area contributed by atoms with Gasteiger partial charge in [0.1, 0.15) is 0 Å². The van der Waals surface area contributed by atoms with Crippen molar-refractivity contribution in [2.75, 3.05) is 26.7 Å². The highest BCUT2D eigenvalue weighted by Gasteiger charge is 2.30. The van der Waals surface area contributed by atoms with Crippen LogP contribution in [0.25, 0.3) is 0 Å². The lowest BCUT2D eigenvalue weighted by atomic mass is 10.0. The molecule has 1 saturated heterocycles. The summed E-state index contributed by atoms with van der Waals surface area (Å²) in [6.07, 6.45) is 2.57. The topological polar surface area (TPSA) is 78.5 Å². The zero-order valence-electron chi connectivity index (χ0n) is 12.6. The van der Waals surface area contributed by atoms with Crippen LogP contribution in [0.4, 0.5) is 0 Å². The van der Waals surface area contributed by atoms with Crippen LogP contribution in [-0.4, -0.2) is 51.4 Å². The van der Waals surface area contributed by atoms with Crippen LogP contribution in [0.15, 0.2) is 23.1 Å². The number of fused-ring (bicyclic) bond motifs is 1. The number of nitrogens with zero attached hydrogens (tertiary/aromatic N) is 1. The van der Waals surface area contributed by atoms with E-state index in [4.69, 9.17) is 0 Å². The van der Waals surface area contributed by atoms with Crippen LogP contribution in [0, 0.1) is 0 Å². The molecule has 2 N–H and O–H groups in total. The molecule has 0 aliphatic carbocycles. The number of hydrogen-bond donors (Lipinski definition) is 2. The molecule has 0 radical (unpaired) electrons. The molecule has 7 heteroatoms. The average Bonchev–Trinajstić information content (AvgIpc) is 2.55. The molecule has 0 saturated carbocycles. The van der Waals surface area contributed by atoms with Gasteiger partial charge in [0, 0.05) is 31.2 Å². The second-order valence-electron chi connectivity index (χ2n) is 5.82. The normalized spacial score (nSPS) is 23.0. The summed E-state index contributed by atoms with van der Waals surface area (Å²) in [7, 11) is -1.70. The third-order valence-corrected chi connectivity index (χ3v) is 6.30. The Morgan fingerprint density at radius 1 is 1.36 bits per heavy atom. The first-order valence-electron chi connectivity index (χ1n) is 7.61. The molecule has 1 aromatic carbocycles. The average molecular weight is 323 g/mol. The Hall–Kier alpha value is -1.44. The highest BCUT2D eigenvalue weighted by atomic mass is 32.2. The maximum absolute atomic E-state index is 12.8. The molecule has 120 valence electrons. The molecule has 1 unspecified atom stereocenters. The van der Waals surface area contributed by atoms with E-state index in [9.17, 15) is 13.2 Å². The molecule has 1 aromatic rings. The van der Waals surface area contributed by atoms with Gasteiger partial charge in [0.25, 0.3) is 5.91 Å². The van der Waals surface area contributed by atoms with Crippen molar-refractivity contribution in [1.29, 1.82) is 0 Å². The number of hydrogen-bond acceptors (Lipinski definition) is 4. The van der Waals surface area contributed by atoms with E-state index in [2.05, 4.69) is 10.6 Å². The quantitative estimate of drug-likeness (QED) is 0.841. The van der Waals surface area contributed by atoms with Crippen molar-refractivity contribution in [3.05, 3.63) is 29.3 Å². The van der Waals surface area contributed by atoms with Gasteiger partial charge < -0.3 is 10.6 Å². The van der Waals surface area contributed by atoms with Crippen molar-refractivity contribution in [3.8, 4) is 0 Å². The number of benzene rings is 1. The van der Waals surface area contributed by atoms with E-state index in [1.54, 1.807) is 12.1 Å². The van der Waals surface area contributed by atoms with Gasteiger partial charge in [-0.15, -0.1) is 0 Å². The van der Waals surface area contributed by atoms with E-state index in [1.165, 1.54) is 10.4 Å². The van der Waals surface area contributed by atoms with Crippen LogP contribution >= 0.6 is 0 Å². The fourth-order valence-corrected chi connectivity index (χ4v) is 4.65. The summed E-state index contributed by atoms with van der Waals surface area (Å²) < 4.78 is 27.1. The fourth-order valence-electron chi connectivity index (χ4n) is 3.10. The Labute approximate surface area is 130 Å². The molecule has 1 fully saturated rings. The lowest BCUT2D eigenvalue weighted by Crippen LogP contribution is -2.46. The molecule has 2 aliphatic rings. The number of rotatable bonds is 3. The largest absolute Gasteiger partial charge is 0.352 e. The summed E-state index contributed by atoms with van der Waals surface area (Å²) in [5, 5.41) is 5.90. The van der Waals surface area contributed by atoms with Gasteiger partial charge >= 0.3 is 0 Å². The lowest BCUT2D eigenvalue weighted by molar-refractivity contribution is 0.0945. The zero-order valence-corrected chi connectivity index (χ0v) is 13.4. The minimum Gasteiger partial charge on any atom is -0.352 e. The number of carbonyl (C=O) groups excluding carboxylic acids is 1. The number of amides is 1. The second-order valence-corrected chi connectivity index (χ2v) is 7.75. The van der Waals surface area contributed by atoms with Gasteiger partial charge in [-0.05, 0) is 44.0 Å². The third-order valence-electron chi connectivity index (χ3n) is 4.44. The molecular formula is C15H21N3O3S. The first-order valence-corrected chi connectivity index (χ1v) is 9.05. The molecule has 22 heavy (non-hydrogen) atoms. The number of sulfonamides is 1. The second kappa shape index (κ2) is 5.98. The molecule has 1 atom stereocenters. The molecule has 0 spiro atoms. The SMILES string of the molecule is CNC1CCCN(S(=O)(=O)c2ccc3c(c2)C(=O)NCC3)C1. The summed E-state index contributed by atoms with van der Waals surface area (Å²) in [6, 6.07) is 5.09. The lowest BCUT2D eigenvalue weighted by Gasteiger charge is -2.32. The minimum absolute atomic E-state index is 0.185. The van der Waals surface area contributed by atoms with E-state index >= 15 is 0 Å². The van der Waals surface area contributed by atoms with Crippen LogP contribution in [0.1, 0.15) is 28.8 Å². The standard InChI is InChI=1S/C15H21N3O3S/c1-16-12-3-2-8-18(10-12)22(20,21)13-5-4-11-6-7-17-15(19)14(11)9-13/h4-5,9,12,16H,2-3,6-8,10H2,1H3,(H,17,19). The first kappa shape index (κ1) is 15.5. The van der Waals surface area contributed by atoms with Crippen molar-refractivity contribution in [3.63, 3.8) is 0 Å². The Morgan fingerprint density at radius 3 is 2.95 bits per heavy atom. The van der Waals surface area contributed by atoms with Crippen LogP contribution in [0.2, 0.25) is 0 Å². The summed E-state index contributed by atoms with van der Waals surface area (Å²) in [5.74, 6) is -0.190. The van der Waals surface area contributed by atoms with E-state index < -0.39 is 10.0 Å². The van der Waals surface area contributed by atoms with Crippen LogP contribution < -0.4 is 10.6 Å². The van der Waals surface area contributed by atoms with Gasteiger partial charge in [0.05, 0.1) is 4.90 Å². The van der Waals surface area contributed by atoms with Crippen molar-refractivity contribution in [1.82, 2.24) is 14.9 Å². The predicted octanol–water partition coefficient (Wildman–Crippen LogP) is 0.345. The maximum Gasteiger partial charge on any atom is 0.251 e. The molecule has 2 heterocycles. The smallest absolute Gasteiger partial charge is 0.251 e. The number of piperidine rings is 1. The van der Waals surface area contributed by atoms with Gasteiger partial charge in [-0.2, -0.15) is 4.31 Å². The molecule has 3 rings (SSSR count). The number of likely N-dealkylation sites (N-methyl/N-ethyl adjacent to an activating group) is 1. The van der Waals surface area contributed by atoms with Crippen LogP contribution in [-0.2, 0) is 16.4 Å². The maximum atomic E-state index is 12.8. The van der Waals surface area contributed by atoms with Gasteiger partial charge in [-0.1, -0.05) is 6.07 Å². The summed E-state index contributed by atoms with van der Waals surface area (Å²) in [4.78, 5) is 12.1. The van der Waals surface area contributed by atoms with E-state index in [0.29, 0.717) is 25.2 Å². The van der Waals surface area contributed by atoms with E-state index in [1.807, 2.05) is 7.05 Å². The Balaban J connectivity index is 1.92. The van der Waals surface area contributed by atoms with Gasteiger partial charge in [0.15, 0.2) is 0 Å². The van der Waals surface area contributed by atoms with Crippen LogP contribution in [0.3, 0.4) is 0 Å². The number of nitrogens with one attached hydrogen (secondary N) is 2. The highest BCUT2D eigenvalue weighted by molar-refractivity contribution is 7.89. The summed E-state index contributed by atoms with van der Waals surface area (Å²) in [5.41, 5.74) is 1.39. The molecule has 6 nitrogen and oxygen atoms in total. The first-order chi connectivity index (χ1) is 10.5. The van der Waals surface area contributed by atoms with Crippen molar-refractivity contribution < 1.29 is 13.2 Å². The summed E-state index contributed by atoms with van der Waals surface area (Å²) >= 11 is 0. The van der Waals surface area contributed by atoms with E-state index in [0.717, 1.165) is 24.8 Å². The van der Waals surface area contributed by atoms with Gasteiger partial charge in [-0.3, -0.25) is 4.79 Å². The highest BCUT2D eigenvalue weighted by Crippen LogP contribution is 2.24. The summed E-state index contributed by atoms with van der Waals surface area (Å²) in [6.45, 7) is 1.61. The third kappa shape index (κ3) is 2.76. The fraction of sp³-hybridized carbons (Fsp3) is 0.533. The predicted molar refractivity (Wildman–Crippen MR) is 83.3 cm³/mol. The van der Waals surface area contributed by atoms with Gasteiger partial charge in [0.2, 0.25) is 10.0 Å². The molecule has 2 aliphatic heterocycles. The van der Waals surface area contributed by atoms with Crippen molar-refractivity contribution in [2.24, 2.45) is 0 Å². The van der Waals surface area contributed by atoms with E-state index in [-0.39, 0.29) is 16.8 Å². The number of carbonyl (C=O) groups is 1. The molecular weight excluding hydrogens is 302 g/mol. The minimum atomic E-state index is -3.55. The zero-order chi connectivity index (χ0) is 15.7. The Morgan fingerprint density at radius 2 is 2.18 bits per heavy atom. The molecule has 0 aromatic heterocycles. The molecule has 0 bridgehead atoms. The van der Waals surface area contributed by atoms with Gasteiger partial charge in [-0.25, -0.2) is 8.42 Å². The van der Waals surface area contributed by atoms with Crippen molar-refractivity contribution >= 4 is 15.9 Å². The Bertz CT molecular complexity index is 687. The molecule has 1 amide bonds. The van der Waals surface area contributed by atoms with Crippen molar-refractivity contribution in [2.45, 2.75) is 30.2 Å².